The summed E-state index contributed by atoms with van der Waals surface area (Å²) in [5, 5.41) is 0.624. The lowest BCUT2D eigenvalue weighted by Crippen LogP contribution is -2.44. The fourth-order valence-corrected chi connectivity index (χ4v) is 4.61. The summed E-state index contributed by atoms with van der Waals surface area (Å²) < 4.78 is 0. The van der Waals surface area contributed by atoms with Crippen LogP contribution in [0.2, 0.25) is 5.02 Å². The van der Waals surface area contributed by atoms with E-state index in [0.717, 1.165) is 36.0 Å². The average Bonchev–Trinajstić information content (AvgIpc) is 3.12. The molecule has 0 aromatic heterocycles. The Bertz CT molecular complexity index is 1140. The summed E-state index contributed by atoms with van der Waals surface area (Å²) in [6.07, 6.45) is 3.14. The predicted octanol–water partition coefficient (Wildman–Crippen LogP) is 5.11. The van der Waals surface area contributed by atoms with Crippen LogP contribution in [-0.4, -0.2) is 29.1 Å². The van der Waals surface area contributed by atoms with Crippen LogP contribution in [0.25, 0.3) is 0 Å². The zero-order valence-electron chi connectivity index (χ0n) is 19.0. The molecule has 6 heteroatoms. The van der Waals surface area contributed by atoms with Crippen LogP contribution in [-0.2, 0) is 21.5 Å². The Morgan fingerprint density at radius 3 is 2.06 bits per heavy atom. The number of unbranched alkanes of at least 4 members (excludes halogenated alkanes) is 2. The molecular weight excluding hydrogens is 446 g/mol. The highest BCUT2D eigenvalue weighted by molar-refractivity contribution is 6.31. The molecule has 0 unspecified atom stereocenters. The quantitative estimate of drug-likeness (QED) is 0.415. The minimum atomic E-state index is -1.17. The zero-order valence-corrected chi connectivity index (χ0v) is 19.7. The van der Waals surface area contributed by atoms with Gasteiger partial charge >= 0.3 is 0 Å². The highest BCUT2D eigenvalue weighted by atomic mass is 35.5. The van der Waals surface area contributed by atoms with Crippen molar-refractivity contribution < 1.29 is 9.59 Å². The first-order valence-corrected chi connectivity index (χ1v) is 11.9. The Kier molecular flexibility index (Phi) is 7.43. The first-order valence-electron chi connectivity index (χ1n) is 11.6. The number of amides is 1. The lowest BCUT2D eigenvalue weighted by atomic mass is 9.83. The number of carbonyl (C=O) groups excluding carboxylic acids is 2. The van der Waals surface area contributed by atoms with Gasteiger partial charge in [-0.15, -0.1) is 0 Å². The molecule has 0 atom stereocenters. The molecule has 0 saturated heterocycles. The second kappa shape index (κ2) is 10.7. The molecule has 4 rings (SSSR count). The lowest BCUT2D eigenvalue weighted by molar-refractivity contribution is -0.130. The SMILES string of the molecule is NC1=NC(c2ccccc2)(c2ccccc2)C(=O)N1CCCCCC(=O)Cc1ccccc1Cl. The molecule has 3 aromatic rings. The van der Waals surface area contributed by atoms with Gasteiger partial charge in [-0.3, -0.25) is 14.5 Å². The second-order valence-corrected chi connectivity index (χ2v) is 8.89. The van der Waals surface area contributed by atoms with Gasteiger partial charge in [-0.2, -0.15) is 0 Å². The van der Waals surface area contributed by atoms with Crippen LogP contribution in [0.1, 0.15) is 42.4 Å². The molecule has 0 spiro atoms. The van der Waals surface area contributed by atoms with Crippen LogP contribution >= 0.6 is 11.6 Å². The zero-order chi connectivity index (χ0) is 24.0. The summed E-state index contributed by atoms with van der Waals surface area (Å²) in [5.41, 5.74) is 7.55. The van der Waals surface area contributed by atoms with Crippen LogP contribution in [0, 0.1) is 0 Å². The van der Waals surface area contributed by atoms with Gasteiger partial charge in [-0.25, -0.2) is 4.99 Å². The third kappa shape index (κ3) is 4.90. The van der Waals surface area contributed by atoms with Gasteiger partial charge in [-0.1, -0.05) is 96.9 Å². The van der Waals surface area contributed by atoms with Crippen molar-refractivity contribution in [3.63, 3.8) is 0 Å². The van der Waals surface area contributed by atoms with Crippen molar-refractivity contribution in [2.75, 3.05) is 6.54 Å². The summed E-state index contributed by atoms with van der Waals surface area (Å²) in [6, 6.07) is 26.5. The third-order valence-corrected chi connectivity index (χ3v) is 6.55. The van der Waals surface area contributed by atoms with Gasteiger partial charge in [0.05, 0.1) is 0 Å². The summed E-state index contributed by atoms with van der Waals surface area (Å²) >= 11 is 6.15. The third-order valence-electron chi connectivity index (χ3n) is 6.18. The van der Waals surface area contributed by atoms with E-state index < -0.39 is 5.54 Å². The van der Waals surface area contributed by atoms with Crippen molar-refractivity contribution in [3.05, 3.63) is 107 Å². The number of ketones is 1. The van der Waals surface area contributed by atoms with Crippen molar-refractivity contribution in [2.45, 2.75) is 37.6 Å². The van der Waals surface area contributed by atoms with Gasteiger partial charge in [0.1, 0.15) is 5.78 Å². The van der Waals surface area contributed by atoms with Gasteiger partial charge in [0.2, 0.25) is 0 Å². The molecule has 0 bridgehead atoms. The molecule has 1 amide bonds. The van der Waals surface area contributed by atoms with E-state index in [2.05, 4.69) is 0 Å². The molecule has 0 saturated carbocycles. The van der Waals surface area contributed by atoms with E-state index in [9.17, 15) is 9.59 Å². The standard InChI is InChI=1S/C28H28ClN3O2/c29-25-18-10-9-12-21(25)20-24(33)17-8-3-11-19-32-26(34)28(31-27(32)30,22-13-4-1-5-14-22)23-15-6-2-7-16-23/h1-2,4-7,9-10,12-16,18H,3,8,11,17,19-20H2,(H2,30,31). The van der Waals surface area contributed by atoms with Crippen LogP contribution in [0.15, 0.2) is 89.9 Å². The highest BCUT2D eigenvalue weighted by Crippen LogP contribution is 2.39. The van der Waals surface area contributed by atoms with E-state index in [-0.39, 0.29) is 17.6 Å². The van der Waals surface area contributed by atoms with Gasteiger partial charge in [-0.05, 0) is 35.6 Å². The van der Waals surface area contributed by atoms with Crippen molar-refractivity contribution in [3.8, 4) is 0 Å². The number of hydrogen-bond donors (Lipinski definition) is 1. The van der Waals surface area contributed by atoms with Crippen molar-refractivity contribution in [2.24, 2.45) is 10.7 Å². The maximum Gasteiger partial charge on any atom is 0.266 e. The van der Waals surface area contributed by atoms with E-state index in [4.69, 9.17) is 22.3 Å². The van der Waals surface area contributed by atoms with E-state index in [0.29, 0.717) is 24.4 Å². The maximum atomic E-state index is 13.7. The smallest absolute Gasteiger partial charge is 0.266 e. The molecule has 1 aliphatic heterocycles. The van der Waals surface area contributed by atoms with Crippen molar-refractivity contribution in [1.29, 1.82) is 0 Å². The minimum Gasteiger partial charge on any atom is -0.369 e. The Morgan fingerprint density at radius 1 is 0.853 bits per heavy atom. The van der Waals surface area contributed by atoms with Gasteiger partial charge in [0, 0.05) is 24.4 Å². The number of nitrogens with two attached hydrogens (primary N) is 1. The second-order valence-electron chi connectivity index (χ2n) is 8.49. The highest BCUT2D eigenvalue weighted by Gasteiger charge is 2.50. The maximum absolute atomic E-state index is 13.7. The van der Waals surface area contributed by atoms with E-state index in [1.54, 1.807) is 11.0 Å². The first kappa shape index (κ1) is 23.7. The average molecular weight is 474 g/mol. The molecule has 2 N–H and O–H groups in total. The summed E-state index contributed by atoms with van der Waals surface area (Å²) in [7, 11) is 0. The Balaban J connectivity index is 1.37. The number of hydrogen-bond acceptors (Lipinski definition) is 4. The van der Waals surface area contributed by atoms with E-state index in [1.165, 1.54) is 0 Å². The van der Waals surface area contributed by atoms with Crippen LogP contribution in [0.4, 0.5) is 0 Å². The monoisotopic (exact) mass is 473 g/mol. The molecule has 5 nitrogen and oxygen atoms in total. The number of benzene rings is 3. The molecule has 0 radical (unpaired) electrons. The molecule has 34 heavy (non-hydrogen) atoms. The molecule has 0 fully saturated rings. The van der Waals surface area contributed by atoms with Crippen molar-refractivity contribution in [1.82, 2.24) is 4.90 Å². The fourth-order valence-electron chi connectivity index (χ4n) is 4.41. The molecular formula is C28H28ClN3O2. The normalized spacial score (nSPS) is 14.8. The predicted molar refractivity (Wildman–Crippen MR) is 136 cm³/mol. The van der Waals surface area contributed by atoms with E-state index >= 15 is 0 Å². The van der Waals surface area contributed by atoms with Crippen molar-refractivity contribution >= 4 is 29.3 Å². The summed E-state index contributed by atoms with van der Waals surface area (Å²) in [5.74, 6) is 0.253. The number of carbonyl (C=O) groups is 2. The van der Waals surface area contributed by atoms with Gasteiger partial charge in [0.15, 0.2) is 11.5 Å². The number of rotatable bonds is 10. The Labute approximate surface area is 205 Å². The fraction of sp³-hybridized carbons (Fsp3) is 0.250. The lowest BCUT2D eigenvalue weighted by Gasteiger charge is -2.27. The van der Waals surface area contributed by atoms with Crippen LogP contribution in [0.5, 0.6) is 0 Å². The van der Waals surface area contributed by atoms with E-state index in [1.807, 2.05) is 78.9 Å². The topological polar surface area (TPSA) is 75.8 Å². The van der Waals surface area contributed by atoms with Gasteiger partial charge < -0.3 is 5.73 Å². The largest absolute Gasteiger partial charge is 0.369 e. The summed E-state index contributed by atoms with van der Waals surface area (Å²) in [6.45, 7) is 0.467. The molecule has 0 aliphatic carbocycles. The summed E-state index contributed by atoms with van der Waals surface area (Å²) in [4.78, 5) is 32.3. The molecule has 1 heterocycles. The minimum absolute atomic E-state index is 0.141. The Hall–Kier alpha value is -3.44. The number of Topliss-reactive ketones (excluding diaryl/α,β-unsaturated/α-hetero) is 1. The number of halogens is 1. The molecule has 174 valence electrons. The number of nitrogens with zero attached hydrogens (tertiary/aromatic N) is 2. The first-order chi connectivity index (χ1) is 16.5. The van der Waals surface area contributed by atoms with Gasteiger partial charge in [0.25, 0.3) is 5.91 Å². The molecule has 3 aromatic carbocycles. The van der Waals surface area contributed by atoms with Crippen LogP contribution < -0.4 is 5.73 Å². The Morgan fingerprint density at radius 2 is 1.44 bits per heavy atom. The van der Waals surface area contributed by atoms with Crippen LogP contribution in [0.3, 0.4) is 0 Å². The number of guanidine groups is 1. The molecule has 1 aliphatic rings. The number of aliphatic imine (C=N–C) groups is 1.